The first-order valence-electron chi connectivity index (χ1n) is 10.2. The minimum atomic E-state index is 0.202. The third-order valence-electron chi connectivity index (χ3n) is 6.03. The molecule has 1 saturated carbocycles. The largest absolute Gasteiger partial charge is 0.487 e. The van der Waals surface area contributed by atoms with Crippen molar-refractivity contribution in [1.29, 1.82) is 0 Å². The molecule has 0 amide bonds. The fourth-order valence-electron chi connectivity index (χ4n) is 4.51. The number of fused-ring (bicyclic) bond motifs is 1. The van der Waals surface area contributed by atoms with Crippen molar-refractivity contribution in [3.05, 3.63) is 48.0 Å². The molecular formula is C24H29NO2. The maximum atomic E-state index is 11.3. The molecular weight excluding hydrogens is 334 g/mol. The van der Waals surface area contributed by atoms with Crippen molar-refractivity contribution in [1.82, 2.24) is 0 Å². The van der Waals surface area contributed by atoms with E-state index in [-0.39, 0.29) is 6.10 Å². The summed E-state index contributed by atoms with van der Waals surface area (Å²) >= 11 is 0. The highest BCUT2D eigenvalue weighted by Gasteiger charge is 2.23. The monoisotopic (exact) mass is 363 g/mol. The van der Waals surface area contributed by atoms with Crippen LogP contribution in [0.15, 0.2) is 42.5 Å². The van der Waals surface area contributed by atoms with Crippen LogP contribution in [0.1, 0.15) is 57.4 Å². The summed E-state index contributed by atoms with van der Waals surface area (Å²) in [5.41, 5.74) is 4.94. The van der Waals surface area contributed by atoms with Crippen molar-refractivity contribution >= 4 is 11.5 Å². The lowest BCUT2D eigenvalue weighted by Crippen LogP contribution is -2.27. The van der Waals surface area contributed by atoms with E-state index in [0.717, 1.165) is 24.4 Å². The number of anilines is 1. The fraction of sp³-hybridized carbons (Fsp3) is 0.458. The van der Waals surface area contributed by atoms with Crippen LogP contribution in [0.4, 0.5) is 5.69 Å². The Hall–Kier alpha value is -2.29. The molecule has 2 aliphatic rings. The molecule has 2 aromatic carbocycles. The standard InChI is InChI=1S/C24H29NO2/c1-16(26)13-18-3-5-19(6-4-18)20-7-9-21(10-8-20)22-11-12-23-24(14-22)27-17(2)15-25-23/h7-12,14,17-19,25H,3-6,13,15H2,1-2H3. The number of hydrogen-bond acceptors (Lipinski definition) is 3. The summed E-state index contributed by atoms with van der Waals surface area (Å²) in [6, 6.07) is 15.4. The predicted molar refractivity (Wildman–Crippen MR) is 110 cm³/mol. The number of ketones is 1. The topological polar surface area (TPSA) is 38.3 Å². The molecule has 4 rings (SSSR count). The van der Waals surface area contributed by atoms with Crippen LogP contribution in [0.3, 0.4) is 0 Å². The summed E-state index contributed by atoms with van der Waals surface area (Å²) in [6.45, 7) is 4.66. The van der Waals surface area contributed by atoms with E-state index in [1.807, 2.05) is 0 Å². The maximum Gasteiger partial charge on any atom is 0.143 e. The summed E-state index contributed by atoms with van der Waals surface area (Å²) in [6.07, 6.45) is 5.73. The first-order valence-corrected chi connectivity index (χ1v) is 10.2. The SMILES string of the molecule is CC(=O)CC1CCC(c2ccc(-c3ccc4c(c3)OC(C)CN4)cc2)CC1. The summed E-state index contributed by atoms with van der Waals surface area (Å²) in [5.74, 6) is 2.52. The van der Waals surface area contributed by atoms with Gasteiger partial charge in [-0.25, -0.2) is 0 Å². The highest BCUT2D eigenvalue weighted by molar-refractivity contribution is 5.75. The van der Waals surface area contributed by atoms with E-state index in [2.05, 4.69) is 54.7 Å². The van der Waals surface area contributed by atoms with E-state index in [9.17, 15) is 4.79 Å². The Kier molecular flexibility index (Phi) is 5.20. The van der Waals surface area contributed by atoms with Gasteiger partial charge in [-0.3, -0.25) is 0 Å². The van der Waals surface area contributed by atoms with Gasteiger partial charge in [0.05, 0.1) is 12.2 Å². The highest BCUT2D eigenvalue weighted by atomic mass is 16.5. The van der Waals surface area contributed by atoms with Crippen molar-refractivity contribution < 1.29 is 9.53 Å². The molecule has 0 radical (unpaired) electrons. The van der Waals surface area contributed by atoms with E-state index < -0.39 is 0 Å². The average Bonchev–Trinajstić information content (AvgIpc) is 2.68. The van der Waals surface area contributed by atoms with Crippen LogP contribution in [0.25, 0.3) is 11.1 Å². The Morgan fingerprint density at radius 2 is 1.74 bits per heavy atom. The van der Waals surface area contributed by atoms with E-state index in [1.54, 1.807) is 6.92 Å². The second-order valence-electron chi connectivity index (χ2n) is 8.27. The second-order valence-corrected chi connectivity index (χ2v) is 8.27. The lowest BCUT2D eigenvalue weighted by atomic mass is 9.77. The number of Topliss-reactive ketones (excluding diaryl/α,β-unsaturated/α-hetero) is 1. The van der Waals surface area contributed by atoms with Gasteiger partial charge in [-0.1, -0.05) is 30.3 Å². The van der Waals surface area contributed by atoms with Crippen LogP contribution >= 0.6 is 0 Å². The number of rotatable bonds is 4. The molecule has 1 aliphatic heterocycles. The van der Waals surface area contributed by atoms with Crippen LogP contribution in [0.2, 0.25) is 0 Å². The van der Waals surface area contributed by atoms with Gasteiger partial charge in [0.15, 0.2) is 0 Å². The molecule has 1 atom stereocenters. The average molecular weight is 364 g/mol. The van der Waals surface area contributed by atoms with E-state index in [1.165, 1.54) is 42.4 Å². The first-order chi connectivity index (χ1) is 13.1. The van der Waals surface area contributed by atoms with Gasteiger partial charge in [-0.2, -0.15) is 0 Å². The van der Waals surface area contributed by atoms with Crippen molar-refractivity contribution in [2.24, 2.45) is 5.92 Å². The molecule has 142 valence electrons. The third kappa shape index (κ3) is 4.18. The molecule has 3 nitrogen and oxygen atoms in total. The Morgan fingerprint density at radius 1 is 1.04 bits per heavy atom. The van der Waals surface area contributed by atoms with Crippen LogP contribution < -0.4 is 10.1 Å². The number of ether oxygens (including phenoxy) is 1. The zero-order valence-corrected chi connectivity index (χ0v) is 16.3. The number of benzene rings is 2. The van der Waals surface area contributed by atoms with Gasteiger partial charge in [0.2, 0.25) is 0 Å². The zero-order valence-electron chi connectivity index (χ0n) is 16.3. The van der Waals surface area contributed by atoms with Crippen molar-refractivity contribution in [2.45, 2.75) is 58.0 Å². The number of carbonyl (C=O) groups excluding carboxylic acids is 1. The smallest absolute Gasteiger partial charge is 0.143 e. The molecule has 3 heteroatoms. The zero-order chi connectivity index (χ0) is 18.8. The molecule has 0 aromatic heterocycles. The third-order valence-corrected chi connectivity index (χ3v) is 6.03. The Labute approximate surface area is 162 Å². The van der Waals surface area contributed by atoms with E-state index in [4.69, 9.17) is 4.74 Å². The van der Waals surface area contributed by atoms with Crippen molar-refractivity contribution in [3.63, 3.8) is 0 Å². The normalized spacial score (nSPS) is 24.4. The fourth-order valence-corrected chi connectivity index (χ4v) is 4.51. The Balaban J connectivity index is 1.44. The van der Waals surface area contributed by atoms with Crippen molar-refractivity contribution in [3.8, 4) is 16.9 Å². The molecule has 2 aromatic rings. The summed E-state index contributed by atoms with van der Waals surface area (Å²) in [7, 11) is 0. The molecule has 1 N–H and O–H groups in total. The van der Waals surface area contributed by atoms with E-state index in [0.29, 0.717) is 17.6 Å². The van der Waals surface area contributed by atoms with Gasteiger partial charge in [-0.15, -0.1) is 0 Å². The number of carbonyl (C=O) groups is 1. The van der Waals surface area contributed by atoms with Crippen LogP contribution in [-0.2, 0) is 4.79 Å². The van der Waals surface area contributed by atoms with Gasteiger partial charge in [-0.05, 0) is 80.2 Å². The van der Waals surface area contributed by atoms with Crippen LogP contribution in [-0.4, -0.2) is 18.4 Å². The lowest BCUT2D eigenvalue weighted by molar-refractivity contribution is -0.118. The minimum Gasteiger partial charge on any atom is -0.487 e. The summed E-state index contributed by atoms with van der Waals surface area (Å²) in [5, 5.41) is 3.41. The molecule has 1 fully saturated rings. The van der Waals surface area contributed by atoms with Gasteiger partial charge >= 0.3 is 0 Å². The first kappa shape index (κ1) is 18.1. The van der Waals surface area contributed by atoms with Gasteiger partial charge in [0.1, 0.15) is 17.6 Å². The van der Waals surface area contributed by atoms with Crippen LogP contribution in [0, 0.1) is 5.92 Å². The Morgan fingerprint density at radius 3 is 2.44 bits per heavy atom. The van der Waals surface area contributed by atoms with E-state index >= 15 is 0 Å². The molecule has 1 unspecified atom stereocenters. The van der Waals surface area contributed by atoms with Crippen molar-refractivity contribution in [2.75, 3.05) is 11.9 Å². The number of nitrogens with one attached hydrogen (secondary N) is 1. The molecule has 1 aliphatic carbocycles. The second kappa shape index (κ2) is 7.75. The van der Waals surface area contributed by atoms with Crippen LogP contribution in [0.5, 0.6) is 5.75 Å². The molecule has 0 saturated heterocycles. The highest BCUT2D eigenvalue weighted by Crippen LogP contribution is 2.38. The molecule has 27 heavy (non-hydrogen) atoms. The predicted octanol–water partition coefficient (Wildman–Crippen LogP) is 5.80. The molecule has 0 bridgehead atoms. The number of hydrogen-bond donors (Lipinski definition) is 1. The van der Waals surface area contributed by atoms with Gasteiger partial charge < -0.3 is 14.8 Å². The molecule has 1 heterocycles. The minimum absolute atomic E-state index is 0.202. The van der Waals surface area contributed by atoms with Gasteiger partial charge in [0.25, 0.3) is 0 Å². The lowest BCUT2D eigenvalue weighted by Gasteiger charge is -2.28. The maximum absolute atomic E-state index is 11.3. The quantitative estimate of drug-likeness (QED) is 0.746. The molecule has 0 spiro atoms. The Bertz CT molecular complexity index is 804. The summed E-state index contributed by atoms with van der Waals surface area (Å²) < 4.78 is 5.96. The summed E-state index contributed by atoms with van der Waals surface area (Å²) in [4.78, 5) is 11.3. The van der Waals surface area contributed by atoms with Gasteiger partial charge in [0, 0.05) is 6.42 Å².